The molecule has 0 aromatic carbocycles. The Hall–Kier alpha value is -1.40. The topological polar surface area (TPSA) is 58.5 Å². The lowest BCUT2D eigenvalue weighted by Crippen LogP contribution is -2.23. The zero-order valence-electron chi connectivity index (χ0n) is 8.39. The number of hydrogen-bond donors (Lipinski definition) is 1. The molecular weight excluding hydrogens is 244 g/mol. The number of hydrogen-bond acceptors (Lipinski definition) is 4. The molecule has 1 aliphatic rings. The van der Waals surface area contributed by atoms with Gasteiger partial charge < -0.3 is 5.32 Å². The summed E-state index contributed by atoms with van der Waals surface area (Å²) in [6, 6.07) is 3.83. The second-order valence-corrected chi connectivity index (χ2v) is 5.04. The molecule has 4 nitrogen and oxygen atoms in total. The van der Waals surface area contributed by atoms with Gasteiger partial charge in [-0.25, -0.2) is 0 Å². The molecule has 82 valence electrons. The van der Waals surface area contributed by atoms with E-state index < -0.39 is 0 Å². The standard InChI is InChI=1S/C10H8N2O2S2/c1-6(13)11-10-12-9(14)8(16-10)5-7-3-2-4-15-7/h2-5H,1H3,(H,11,12,13,14). The van der Waals surface area contributed by atoms with Crippen molar-refractivity contribution in [3.8, 4) is 0 Å². The van der Waals surface area contributed by atoms with Crippen LogP contribution in [-0.2, 0) is 9.59 Å². The van der Waals surface area contributed by atoms with E-state index in [2.05, 4.69) is 10.3 Å². The highest BCUT2D eigenvalue weighted by atomic mass is 32.2. The molecule has 0 atom stereocenters. The van der Waals surface area contributed by atoms with E-state index in [1.807, 2.05) is 17.5 Å². The number of thioether (sulfide) groups is 1. The minimum Gasteiger partial charge on any atom is -0.305 e. The minimum atomic E-state index is -0.304. The van der Waals surface area contributed by atoms with E-state index in [0.717, 1.165) is 4.88 Å². The Morgan fingerprint density at radius 1 is 1.56 bits per heavy atom. The van der Waals surface area contributed by atoms with E-state index in [4.69, 9.17) is 0 Å². The van der Waals surface area contributed by atoms with Gasteiger partial charge in [-0.3, -0.25) is 9.59 Å². The van der Waals surface area contributed by atoms with Crippen LogP contribution in [0, 0.1) is 0 Å². The van der Waals surface area contributed by atoms with Crippen LogP contribution in [-0.4, -0.2) is 17.0 Å². The summed E-state index contributed by atoms with van der Waals surface area (Å²) < 4.78 is 0. The molecular formula is C10H8N2O2S2. The van der Waals surface area contributed by atoms with Crippen LogP contribution in [0.3, 0.4) is 0 Å². The first-order valence-electron chi connectivity index (χ1n) is 4.49. The fourth-order valence-corrected chi connectivity index (χ4v) is 2.70. The Morgan fingerprint density at radius 2 is 2.38 bits per heavy atom. The van der Waals surface area contributed by atoms with Crippen molar-refractivity contribution in [2.24, 2.45) is 4.99 Å². The molecule has 0 saturated heterocycles. The summed E-state index contributed by atoms with van der Waals surface area (Å²) in [6.45, 7) is 1.38. The normalized spacial score (nSPS) is 17.7. The first kappa shape index (κ1) is 11.1. The van der Waals surface area contributed by atoms with Crippen molar-refractivity contribution >= 4 is 46.2 Å². The number of rotatable bonds is 1. The van der Waals surface area contributed by atoms with E-state index in [0.29, 0.717) is 10.1 Å². The smallest absolute Gasteiger partial charge is 0.286 e. The molecule has 1 aromatic rings. The molecule has 2 rings (SSSR count). The molecule has 2 heterocycles. The Balaban J connectivity index is 2.12. The van der Waals surface area contributed by atoms with Crippen molar-refractivity contribution in [3.63, 3.8) is 0 Å². The van der Waals surface area contributed by atoms with Gasteiger partial charge in [0, 0.05) is 11.8 Å². The molecule has 0 fully saturated rings. The lowest BCUT2D eigenvalue weighted by molar-refractivity contribution is -0.117. The molecule has 0 spiro atoms. The predicted octanol–water partition coefficient (Wildman–Crippen LogP) is 1.85. The number of nitrogens with one attached hydrogen (secondary N) is 1. The van der Waals surface area contributed by atoms with Crippen LogP contribution in [0.2, 0.25) is 0 Å². The lowest BCUT2D eigenvalue weighted by atomic mass is 10.4. The summed E-state index contributed by atoms with van der Waals surface area (Å²) in [5.41, 5.74) is 0. The van der Waals surface area contributed by atoms with Crippen LogP contribution in [0.1, 0.15) is 11.8 Å². The minimum absolute atomic E-state index is 0.226. The number of aliphatic imine (C=N–C) groups is 1. The summed E-state index contributed by atoms with van der Waals surface area (Å²) in [7, 11) is 0. The summed E-state index contributed by atoms with van der Waals surface area (Å²) in [6.07, 6.45) is 1.77. The predicted molar refractivity (Wildman–Crippen MR) is 66.1 cm³/mol. The van der Waals surface area contributed by atoms with Gasteiger partial charge >= 0.3 is 0 Å². The molecule has 1 N–H and O–H groups in total. The summed E-state index contributed by atoms with van der Waals surface area (Å²) in [5.74, 6) is -0.529. The van der Waals surface area contributed by atoms with E-state index in [1.54, 1.807) is 17.4 Å². The Morgan fingerprint density at radius 3 is 3.00 bits per heavy atom. The monoisotopic (exact) mass is 252 g/mol. The second kappa shape index (κ2) is 4.63. The zero-order valence-corrected chi connectivity index (χ0v) is 10.0. The number of amides is 2. The fourth-order valence-electron chi connectivity index (χ4n) is 1.12. The first-order chi connectivity index (χ1) is 7.65. The van der Waals surface area contributed by atoms with Gasteiger partial charge in [-0.2, -0.15) is 4.99 Å². The van der Waals surface area contributed by atoms with Crippen LogP contribution in [0.25, 0.3) is 6.08 Å². The van der Waals surface area contributed by atoms with Crippen molar-refractivity contribution in [2.75, 3.05) is 0 Å². The van der Waals surface area contributed by atoms with Gasteiger partial charge in [0.15, 0.2) is 5.17 Å². The summed E-state index contributed by atoms with van der Waals surface area (Å²) in [5, 5.41) is 4.78. The fraction of sp³-hybridized carbons (Fsp3) is 0.100. The molecule has 2 amide bonds. The van der Waals surface area contributed by atoms with Crippen molar-refractivity contribution in [3.05, 3.63) is 27.3 Å². The molecule has 0 radical (unpaired) electrons. The Labute approximate surface area is 100 Å². The average Bonchev–Trinajstić information content (AvgIpc) is 2.77. The molecule has 0 aliphatic carbocycles. The summed E-state index contributed by atoms with van der Waals surface area (Å²) >= 11 is 2.73. The number of amidine groups is 1. The first-order valence-corrected chi connectivity index (χ1v) is 6.18. The van der Waals surface area contributed by atoms with Crippen LogP contribution >= 0.6 is 23.1 Å². The maximum atomic E-state index is 11.5. The highest BCUT2D eigenvalue weighted by molar-refractivity contribution is 8.18. The van der Waals surface area contributed by atoms with Gasteiger partial charge in [-0.15, -0.1) is 11.3 Å². The third-order valence-electron chi connectivity index (χ3n) is 1.72. The van der Waals surface area contributed by atoms with Crippen LogP contribution in [0.4, 0.5) is 0 Å². The van der Waals surface area contributed by atoms with Crippen molar-refractivity contribution in [1.82, 2.24) is 5.32 Å². The van der Waals surface area contributed by atoms with Crippen molar-refractivity contribution in [2.45, 2.75) is 6.92 Å². The SMILES string of the molecule is CC(=O)NC1=NC(=O)C(=Cc2cccs2)S1. The van der Waals surface area contributed by atoms with Gasteiger partial charge in [0.05, 0.1) is 4.91 Å². The average molecular weight is 252 g/mol. The number of nitrogens with zero attached hydrogens (tertiary/aromatic N) is 1. The van der Waals surface area contributed by atoms with Gasteiger partial charge in [-0.05, 0) is 29.3 Å². The highest BCUT2D eigenvalue weighted by Gasteiger charge is 2.22. The molecule has 6 heteroatoms. The second-order valence-electron chi connectivity index (χ2n) is 3.03. The molecule has 0 unspecified atom stereocenters. The lowest BCUT2D eigenvalue weighted by Gasteiger charge is -1.96. The van der Waals surface area contributed by atoms with E-state index in [1.165, 1.54) is 18.7 Å². The van der Waals surface area contributed by atoms with Crippen LogP contribution in [0.15, 0.2) is 27.4 Å². The quantitative estimate of drug-likeness (QED) is 0.776. The van der Waals surface area contributed by atoms with E-state index >= 15 is 0 Å². The molecule has 1 aromatic heterocycles. The van der Waals surface area contributed by atoms with Gasteiger partial charge in [0.1, 0.15) is 0 Å². The maximum Gasteiger partial charge on any atom is 0.286 e. The van der Waals surface area contributed by atoms with Crippen molar-refractivity contribution in [1.29, 1.82) is 0 Å². The largest absolute Gasteiger partial charge is 0.305 e. The highest BCUT2D eigenvalue weighted by Crippen LogP contribution is 2.28. The van der Waals surface area contributed by atoms with Gasteiger partial charge in [-0.1, -0.05) is 6.07 Å². The maximum absolute atomic E-state index is 11.5. The third-order valence-corrected chi connectivity index (χ3v) is 3.44. The van der Waals surface area contributed by atoms with Crippen LogP contribution < -0.4 is 5.32 Å². The van der Waals surface area contributed by atoms with Crippen molar-refractivity contribution < 1.29 is 9.59 Å². The van der Waals surface area contributed by atoms with Crippen LogP contribution in [0.5, 0.6) is 0 Å². The van der Waals surface area contributed by atoms with E-state index in [-0.39, 0.29) is 11.8 Å². The molecule has 16 heavy (non-hydrogen) atoms. The Bertz CT molecular complexity index is 489. The number of thiophene rings is 1. The third kappa shape index (κ3) is 2.59. The van der Waals surface area contributed by atoms with E-state index in [9.17, 15) is 9.59 Å². The number of carbonyl (C=O) groups excluding carboxylic acids is 2. The zero-order chi connectivity index (χ0) is 11.5. The summed E-state index contributed by atoms with van der Waals surface area (Å²) in [4.78, 5) is 27.5. The van der Waals surface area contributed by atoms with Gasteiger partial charge in [0.25, 0.3) is 5.91 Å². The molecule has 0 saturated carbocycles. The Kier molecular flexibility index (Phi) is 3.21. The van der Waals surface area contributed by atoms with Gasteiger partial charge in [0.2, 0.25) is 5.91 Å². The molecule has 0 bridgehead atoms. The number of carbonyl (C=O) groups is 2. The molecule has 1 aliphatic heterocycles.